The number of hydrogen-bond donors (Lipinski definition) is 1. The molecule has 1 fully saturated rings. The van der Waals surface area contributed by atoms with Gasteiger partial charge in [0.1, 0.15) is 0 Å². The standard InChI is InChI=1S/C17H20ClN3O2/c1-12-16(17(22)19-9-13-4-3-7-23-11-13)10-20-21(12)15-6-2-5-14(18)8-15/h2,5-6,8,10,13H,3-4,7,9,11H2,1H3,(H,19,22). The lowest BCUT2D eigenvalue weighted by Gasteiger charge is -2.22. The van der Waals surface area contributed by atoms with Gasteiger partial charge in [0.25, 0.3) is 5.91 Å². The van der Waals surface area contributed by atoms with Crippen LogP contribution < -0.4 is 5.32 Å². The Morgan fingerprint density at radius 2 is 2.39 bits per heavy atom. The van der Waals surface area contributed by atoms with Crippen LogP contribution in [0.3, 0.4) is 0 Å². The summed E-state index contributed by atoms with van der Waals surface area (Å²) < 4.78 is 7.16. The number of amides is 1. The van der Waals surface area contributed by atoms with Crippen molar-refractivity contribution in [1.29, 1.82) is 0 Å². The largest absolute Gasteiger partial charge is 0.381 e. The van der Waals surface area contributed by atoms with Crippen molar-refractivity contribution < 1.29 is 9.53 Å². The van der Waals surface area contributed by atoms with Gasteiger partial charge in [-0.15, -0.1) is 0 Å². The van der Waals surface area contributed by atoms with Crippen molar-refractivity contribution in [2.75, 3.05) is 19.8 Å². The number of hydrogen-bond acceptors (Lipinski definition) is 3. The van der Waals surface area contributed by atoms with Gasteiger partial charge >= 0.3 is 0 Å². The topological polar surface area (TPSA) is 56.1 Å². The third kappa shape index (κ3) is 3.74. The maximum Gasteiger partial charge on any atom is 0.254 e. The van der Waals surface area contributed by atoms with E-state index in [9.17, 15) is 4.79 Å². The van der Waals surface area contributed by atoms with E-state index in [0.717, 1.165) is 37.4 Å². The minimum Gasteiger partial charge on any atom is -0.381 e. The first-order valence-corrected chi connectivity index (χ1v) is 8.19. The molecule has 2 heterocycles. The fraction of sp³-hybridized carbons (Fsp3) is 0.412. The molecule has 1 N–H and O–H groups in total. The number of carbonyl (C=O) groups excluding carboxylic acids is 1. The van der Waals surface area contributed by atoms with E-state index in [1.807, 2.05) is 31.2 Å². The Labute approximate surface area is 140 Å². The van der Waals surface area contributed by atoms with Crippen molar-refractivity contribution in [2.45, 2.75) is 19.8 Å². The second kappa shape index (κ2) is 7.15. The molecule has 3 rings (SSSR count). The number of halogens is 1. The number of rotatable bonds is 4. The van der Waals surface area contributed by atoms with Gasteiger partial charge in [-0.3, -0.25) is 4.79 Å². The van der Waals surface area contributed by atoms with E-state index in [2.05, 4.69) is 10.4 Å². The predicted octanol–water partition coefficient (Wildman–Crippen LogP) is 2.99. The minimum atomic E-state index is -0.0960. The molecule has 1 aliphatic heterocycles. The van der Waals surface area contributed by atoms with Crippen LogP contribution in [-0.2, 0) is 4.74 Å². The van der Waals surface area contributed by atoms with Crippen molar-refractivity contribution in [3.05, 3.63) is 46.7 Å². The number of carbonyl (C=O) groups is 1. The molecular weight excluding hydrogens is 314 g/mol. The van der Waals surface area contributed by atoms with Crippen LogP contribution in [0.15, 0.2) is 30.5 Å². The van der Waals surface area contributed by atoms with Gasteiger partial charge in [0.15, 0.2) is 0 Å². The zero-order valence-electron chi connectivity index (χ0n) is 13.1. The van der Waals surface area contributed by atoms with Gasteiger partial charge in [0, 0.05) is 18.2 Å². The van der Waals surface area contributed by atoms with E-state index in [1.165, 1.54) is 0 Å². The molecule has 0 spiro atoms. The molecule has 122 valence electrons. The van der Waals surface area contributed by atoms with Crippen LogP contribution in [0.1, 0.15) is 28.9 Å². The van der Waals surface area contributed by atoms with Gasteiger partial charge in [-0.2, -0.15) is 5.10 Å². The molecule has 6 heteroatoms. The first-order chi connectivity index (χ1) is 11.1. The molecule has 0 bridgehead atoms. The zero-order chi connectivity index (χ0) is 16.2. The lowest BCUT2D eigenvalue weighted by atomic mass is 10.0. The van der Waals surface area contributed by atoms with Crippen LogP contribution in [-0.4, -0.2) is 35.4 Å². The van der Waals surface area contributed by atoms with Crippen molar-refractivity contribution in [1.82, 2.24) is 15.1 Å². The van der Waals surface area contributed by atoms with E-state index in [-0.39, 0.29) is 5.91 Å². The molecule has 1 unspecified atom stereocenters. The maximum atomic E-state index is 12.4. The average molecular weight is 334 g/mol. The summed E-state index contributed by atoms with van der Waals surface area (Å²) in [7, 11) is 0. The molecule has 2 aromatic rings. The monoisotopic (exact) mass is 333 g/mol. The van der Waals surface area contributed by atoms with Gasteiger partial charge < -0.3 is 10.1 Å². The molecule has 1 aromatic heterocycles. The second-order valence-electron chi connectivity index (χ2n) is 5.83. The lowest BCUT2D eigenvalue weighted by molar-refractivity contribution is 0.0536. The number of aromatic nitrogens is 2. The highest BCUT2D eigenvalue weighted by Crippen LogP contribution is 2.18. The van der Waals surface area contributed by atoms with E-state index < -0.39 is 0 Å². The van der Waals surface area contributed by atoms with E-state index in [0.29, 0.717) is 23.0 Å². The SMILES string of the molecule is Cc1c(C(=O)NCC2CCCOC2)cnn1-c1cccc(Cl)c1. The van der Waals surface area contributed by atoms with Crippen LogP contribution in [0.25, 0.3) is 5.69 Å². The number of nitrogens with zero attached hydrogens (tertiary/aromatic N) is 2. The van der Waals surface area contributed by atoms with E-state index >= 15 is 0 Å². The summed E-state index contributed by atoms with van der Waals surface area (Å²) in [6, 6.07) is 7.40. The highest BCUT2D eigenvalue weighted by atomic mass is 35.5. The van der Waals surface area contributed by atoms with Crippen LogP contribution in [0, 0.1) is 12.8 Å². The first-order valence-electron chi connectivity index (χ1n) is 7.81. The normalized spacial score (nSPS) is 17.9. The number of benzene rings is 1. The molecule has 1 amide bonds. The van der Waals surface area contributed by atoms with Crippen LogP contribution >= 0.6 is 11.6 Å². The Kier molecular flexibility index (Phi) is 4.98. The summed E-state index contributed by atoms with van der Waals surface area (Å²) >= 11 is 6.02. The fourth-order valence-electron chi connectivity index (χ4n) is 2.80. The Bertz CT molecular complexity index is 693. The van der Waals surface area contributed by atoms with Gasteiger partial charge in [-0.05, 0) is 43.9 Å². The number of nitrogens with one attached hydrogen (secondary N) is 1. The van der Waals surface area contributed by atoms with Crippen molar-refractivity contribution in [3.63, 3.8) is 0 Å². The summed E-state index contributed by atoms with van der Waals surface area (Å²) in [6.07, 6.45) is 3.76. The van der Waals surface area contributed by atoms with Gasteiger partial charge in [-0.1, -0.05) is 17.7 Å². The summed E-state index contributed by atoms with van der Waals surface area (Å²) in [5.74, 6) is 0.303. The highest BCUT2D eigenvalue weighted by Gasteiger charge is 2.18. The molecule has 1 aromatic carbocycles. The van der Waals surface area contributed by atoms with Gasteiger partial charge in [-0.25, -0.2) is 4.68 Å². The minimum absolute atomic E-state index is 0.0960. The van der Waals surface area contributed by atoms with Crippen molar-refractivity contribution in [3.8, 4) is 5.69 Å². The molecule has 0 aliphatic carbocycles. The van der Waals surface area contributed by atoms with Crippen LogP contribution in [0.4, 0.5) is 0 Å². The molecule has 0 saturated carbocycles. The fourth-order valence-corrected chi connectivity index (χ4v) is 2.99. The first kappa shape index (κ1) is 16.0. The van der Waals surface area contributed by atoms with Crippen molar-refractivity contribution >= 4 is 17.5 Å². The van der Waals surface area contributed by atoms with E-state index in [1.54, 1.807) is 10.9 Å². The van der Waals surface area contributed by atoms with Crippen LogP contribution in [0.2, 0.25) is 5.02 Å². The second-order valence-corrected chi connectivity index (χ2v) is 6.26. The molecule has 1 atom stereocenters. The van der Waals surface area contributed by atoms with E-state index in [4.69, 9.17) is 16.3 Å². The molecule has 0 radical (unpaired) electrons. The predicted molar refractivity (Wildman–Crippen MR) is 89.2 cm³/mol. The maximum absolute atomic E-state index is 12.4. The van der Waals surface area contributed by atoms with Gasteiger partial charge in [0.05, 0.1) is 29.7 Å². The Balaban J connectivity index is 1.69. The molecular formula is C17H20ClN3O2. The smallest absolute Gasteiger partial charge is 0.254 e. The molecule has 1 saturated heterocycles. The van der Waals surface area contributed by atoms with Crippen molar-refractivity contribution in [2.24, 2.45) is 5.92 Å². The molecule has 1 aliphatic rings. The Hall–Kier alpha value is -1.85. The Morgan fingerprint density at radius 1 is 1.52 bits per heavy atom. The highest BCUT2D eigenvalue weighted by molar-refractivity contribution is 6.30. The average Bonchev–Trinajstić information content (AvgIpc) is 2.95. The van der Waals surface area contributed by atoms with Crippen LogP contribution in [0.5, 0.6) is 0 Å². The van der Waals surface area contributed by atoms with Gasteiger partial charge in [0.2, 0.25) is 0 Å². The number of ether oxygens (including phenoxy) is 1. The summed E-state index contributed by atoms with van der Waals surface area (Å²) in [5, 5.41) is 7.94. The molecule has 5 nitrogen and oxygen atoms in total. The third-order valence-electron chi connectivity index (χ3n) is 4.11. The third-order valence-corrected chi connectivity index (χ3v) is 4.35. The summed E-state index contributed by atoms with van der Waals surface area (Å²) in [6.45, 7) is 4.07. The Morgan fingerprint density at radius 3 is 3.13 bits per heavy atom. The zero-order valence-corrected chi connectivity index (χ0v) is 13.8. The summed E-state index contributed by atoms with van der Waals surface area (Å²) in [4.78, 5) is 12.4. The quantitative estimate of drug-likeness (QED) is 0.935. The molecule has 23 heavy (non-hydrogen) atoms. The summed E-state index contributed by atoms with van der Waals surface area (Å²) in [5.41, 5.74) is 2.22. The lowest BCUT2D eigenvalue weighted by Crippen LogP contribution is -2.33.